The van der Waals surface area contributed by atoms with Gasteiger partial charge in [0.25, 0.3) is 5.56 Å². The van der Waals surface area contributed by atoms with Gasteiger partial charge in [-0.1, -0.05) is 36.4 Å². The van der Waals surface area contributed by atoms with Crippen molar-refractivity contribution in [2.24, 2.45) is 0 Å². The predicted octanol–water partition coefficient (Wildman–Crippen LogP) is 4.08. The average molecular weight is 492 g/mol. The highest BCUT2D eigenvalue weighted by Gasteiger charge is 2.33. The number of nitrogens with zero attached hydrogens (tertiary/aromatic N) is 1. The minimum Gasteiger partial charge on any atom is -0.493 e. The molecular weight excluding hydrogens is 472 g/mol. The maximum absolute atomic E-state index is 13.1. The van der Waals surface area contributed by atoms with Gasteiger partial charge in [0.15, 0.2) is 11.5 Å². The number of aromatic amines is 2. The van der Waals surface area contributed by atoms with Crippen LogP contribution in [0.15, 0.2) is 88.7 Å². The number of pyridine rings is 1. The third kappa shape index (κ3) is 3.82. The first-order chi connectivity index (χ1) is 18.0. The molecule has 1 unspecified atom stereocenters. The van der Waals surface area contributed by atoms with Gasteiger partial charge in [-0.2, -0.15) is 0 Å². The predicted molar refractivity (Wildman–Crippen MR) is 138 cm³/mol. The molecule has 1 aliphatic rings. The molecule has 0 fully saturated rings. The molecule has 0 spiro atoms. The van der Waals surface area contributed by atoms with E-state index in [1.165, 1.54) is 19.5 Å². The Kier molecular flexibility index (Phi) is 5.30. The second kappa shape index (κ2) is 8.80. The van der Waals surface area contributed by atoms with Crippen molar-refractivity contribution in [3.8, 4) is 11.5 Å². The molecule has 6 rings (SSSR count). The third-order valence-electron chi connectivity index (χ3n) is 6.43. The molecule has 0 bridgehead atoms. The highest BCUT2D eigenvalue weighted by Crippen LogP contribution is 2.46. The second-order valence-electron chi connectivity index (χ2n) is 8.54. The zero-order chi connectivity index (χ0) is 25.5. The van der Waals surface area contributed by atoms with Crippen molar-refractivity contribution in [3.63, 3.8) is 0 Å². The number of aromatic nitrogens is 3. The van der Waals surface area contributed by atoms with Gasteiger partial charge in [0.05, 0.1) is 18.2 Å². The van der Waals surface area contributed by atoms with Crippen molar-refractivity contribution in [2.45, 2.75) is 5.92 Å². The molecule has 9 nitrogen and oxygen atoms in total. The second-order valence-corrected chi connectivity index (χ2v) is 8.54. The van der Waals surface area contributed by atoms with E-state index in [9.17, 15) is 14.4 Å². The first-order valence-electron chi connectivity index (χ1n) is 11.5. The van der Waals surface area contributed by atoms with Gasteiger partial charge in [0.2, 0.25) is 0 Å². The number of H-pyrrole nitrogens is 2. The molecule has 37 heavy (non-hydrogen) atoms. The molecule has 3 heterocycles. The molecule has 3 aromatic carbocycles. The number of anilines is 2. The SMILES string of the molecule is COc1cc(C2c3c([nH]c(=O)[nH]c3=O)Nc3ccc4ccccc4c32)ccc1OC(=O)c1ccncc1. The topological polar surface area (TPSA) is 126 Å². The fraction of sp³-hybridized carbons (Fsp3) is 0.0714. The van der Waals surface area contributed by atoms with Crippen LogP contribution in [-0.2, 0) is 0 Å². The lowest BCUT2D eigenvalue weighted by Gasteiger charge is -2.30. The average Bonchev–Trinajstić information content (AvgIpc) is 2.92. The summed E-state index contributed by atoms with van der Waals surface area (Å²) in [6.07, 6.45) is 3.02. The van der Waals surface area contributed by atoms with Gasteiger partial charge in [-0.3, -0.25) is 19.7 Å². The summed E-state index contributed by atoms with van der Waals surface area (Å²) in [6.45, 7) is 0. The largest absolute Gasteiger partial charge is 0.493 e. The molecule has 2 aromatic heterocycles. The number of benzene rings is 3. The maximum atomic E-state index is 13.1. The fourth-order valence-corrected chi connectivity index (χ4v) is 4.79. The summed E-state index contributed by atoms with van der Waals surface area (Å²) in [5, 5.41) is 5.18. The van der Waals surface area contributed by atoms with E-state index < -0.39 is 23.1 Å². The summed E-state index contributed by atoms with van der Waals surface area (Å²) in [7, 11) is 1.48. The third-order valence-corrected chi connectivity index (χ3v) is 6.43. The first kappa shape index (κ1) is 22.3. The summed E-state index contributed by atoms with van der Waals surface area (Å²) in [6, 6.07) is 20.1. The molecule has 0 radical (unpaired) electrons. The molecular formula is C28H20N4O5. The molecule has 0 saturated carbocycles. The number of carbonyl (C=O) groups excluding carboxylic acids is 1. The first-order valence-corrected chi connectivity index (χ1v) is 11.5. The molecule has 0 amide bonds. The Morgan fingerprint density at radius 1 is 0.892 bits per heavy atom. The van der Waals surface area contributed by atoms with Crippen LogP contribution in [0.2, 0.25) is 0 Å². The standard InChI is InChI=1S/C28H20N4O5/c1-36-21-14-17(7-9-20(21)37-27(34)16-10-12-29-13-11-16)22-23-18-5-3-2-4-15(18)6-8-19(23)30-25-24(22)26(33)32-28(35)31-25/h2-14,22H,1H3,(H3,30,31,32,33,35). The van der Waals surface area contributed by atoms with E-state index in [1.54, 1.807) is 30.3 Å². The number of esters is 1. The zero-order valence-electron chi connectivity index (χ0n) is 19.6. The lowest BCUT2D eigenvalue weighted by atomic mass is 9.80. The van der Waals surface area contributed by atoms with Crippen LogP contribution in [0.5, 0.6) is 11.5 Å². The van der Waals surface area contributed by atoms with E-state index >= 15 is 0 Å². The minimum atomic E-state index is -0.602. The van der Waals surface area contributed by atoms with Crippen molar-refractivity contribution in [2.75, 3.05) is 12.4 Å². The molecule has 182 valence electrons. The Bertz CT molecular complexity index is 1790. The van der Waals surface area contributed by atoms with Gasteiger partial charge in [-0.05, 0) is 52.2 Å². The summed E-state index contributed by atoms with van der Waals surface area (Å²) < 4.78 is 11.2. The van der Waals surface area contributed by atoms with Crippen molar-refractivity contribution in [1.29, 1.82) is 0 Å². The minimum absolute atomic E-state index is 0.232. The monoisotopic (exact) mass is 492 g/mol. The Balaban J connectivity index is 1.52. The van der Waals surface area contributed by atoms with Crippen LogP contribution in [0.25, 0.3) is 10.8 Å². The molecule has 9 heteroatoms. The van der Waals surface area contributed by atoms with Crippen molar-refractivity contribution < 1.29 is 14.3 Å². The summed E-state index contributed by atoms with van der Waals surface area (Å²) in [5.41, 5.74) is 1.99. The molecule has 5 aromatic rings. The van der Waals surface area contributed by atoms with Gasteiger partial charge in [0, 0.05) is 24.0 Å². The maximum Gasteiger partial charge on any atom is 0.343 e. The van der Waals surface area contributed by atoms with Gasteiger partial charge < -0.3 is 14.8 Å². The molecule has 1 atom stereocenters. The summed E-state index contributed by atoms with van der Waals surface area (Å²) in [5.74, 6) is -0.213. The van der Waals surface area contributed by atoms with Gasteiger partial charge in [0.1, 0.15) is 5.82 Å². The van der Waals surface area contributed by atoms with E-state index in [4.69, 9.17) is 9.47 Å². The summed E-state index contributed by atoms with van der Waals surface area (Å²) in [4.78, 5) is 46.8. The van der Waals surface area contributed by atoms with Gasteiger partial charge in [-0.15, -0.1) is 0 Å². The normalized spacial score (nSPS) is 13.8. The molecule has 1 aliphatic heterocycles. The van der Waals surface area contributed by atoms with Crippen LogP contribution >= 0.6 is 0 Å². The summed E-state index contributed by atoms with van der Waals surface area (Å²) >= 11 is 0. The van der Waals surface area contributed by atoms with Crippen LogP contribution in [0, 0.1) is 0 Å². The Morgan fingerprint density at radius 2 is 1.70 bits per heavy atom. The quantitative estimate of drug-likeness (QED) is 0.250. The van der Waals surface area contributed by atoms with Crippen LogP contribution in [0.4, 0.5) is 11.5 Å². The molecule has 0 aliphatic carbocycles. The van der Waals surface area contributed by atoms with Crippen LogP contribution in [-0.4, -0.2) is 28.0 Å². The van der Waals surface area contributed by atoms with E-state index in [2.05, 4.69) is 20.3 Å². The Labute approximate surface area is 209 Å². The number of methoxy groups -OCH3 is 1. The lowest BCUT2D eigenvalue weighted by molar-refractivity contribution is 0.0729. The van der Waals surface area contributed by atoms with Crippen molar-refractivity contribution in [1.82, 2.24) is 15.0 Å². The zero-order valence-corrected chi connectivity index (χ0v) is 19.6. The van der Waals surface area contributed by atoms with Crippen LogP contribution < -0.4 is 26.0 Å². The number of ether oxygens (including phenoxy) is 2. The Hall–Kier alpha value is -5.18. The number of hydrogen-bond acceptors (Lipinski definition) is 7. The van der Waals surface area contributed by atoms with Gasteiger partial charge in [-0.25, -0.2) is 9.59 Å². The van der Waals surface area contributed by atoms with E-state index in [-0.39, 0.29) is 5.75 Å². The number of rotatable bonds is 4. The van der Waals surface area contributed by atoms with Crippen molar-refractivity contribution >= 4 is 28.2 Å². The number of fused-ring (bicyclic) bond motifs is 4. The smallest absolute Gasteiger partial charge is 0.343 e. The fourth-order valence-electron chi connectivity index (χ4n) is 4.79. The molecule has 0 saturated heterocycles. The highest BCUT2D eigenvalue weighted by molar-refractivity contribution is 5.94. The van der Waals surface area contributed by atoms with E-state index in [0.29, 0.717) is 22.7 Å². The number of hydrogen-bond donors (Lipinski definition) is 3. The van der Waals surface area contributed by atoms with Gasteiger partial charge >= 0.3 is 11.7 Å². The lowest BCUT2D eigenvalue weighted by Crippen LogP contribution is -2.32. The van der Waals surface area contributed by atoms with Crippen molar-refractivity contribution in [3.05, 3.63) is 122 Å². The highest BCUT2D eigenvalue weighted by atomic mass is 16.6. The molecule has 3 N–H and O–H groups in total. The van der Waals surface area contributed by atoms with Crippen LogP contribution in [0.1, 0.15) is 33.0 Å². The number of nitrogens with one attached hydrogen (secondary N) is 3. The Morgan fingerprint density at radius 3 is 2.51 bits per heavy atom. The number of carbonyl (C=O) groups is 1. The van der Waals surface area contributed by atoms with Crippen LogP contribution in [0.3, 0.4) is 0 Å². The van der Waals surface area contributed by atoms with E-state index in [0.717, 1.165) is 27.6 Å². The van der Waals surface area contributed by atoms with E-state index in [1.807, 2.05) is 36.4 Å².